The molecule has 0 aliphatic heterocycles. The highest BCUT2D eigenvalue weighted by Crippen LogP contribution is 2.25. The van der Waals surface area contributed by atoms with Gasteiger partial charge in [0, 0.05) is 17.3 Å². The number of aryl methyl sites for hydroxylation is 3. The molecule has 0 aliphatic rings. The minimum atomic E-state index is -0.525. The first-order valence-corrected chi connectivity index (χ1v) is 9.76. The van der Waals surface area contributed by atoms with Gasteiger partial charge in [0.2, 0.25) is 0 Å². The Kier molecular flexibility index (Phi) is 4.75. The van der Waals surface area contributed by atoms with Crippen LogP contribution in [-0.4, -0.2) is 25.7 Å². The summed E-state index contributed by atoms with van der Waals surface area (Å²) < 4.78 is 6.51. The third kappa shape index (κ3) is 3.44. The van der Waals surface area contributed by atoms with E-state index < -0.39 is 5.97 Å². The predicted octanol–water partition coefficient (Wildman–Crippen LogP) is 2.13. The number of rotatable bonds is 4. The molecule has 0 unspecified atom stereocenters. The highest BCUT2D eigenvalue weighted by atomic mass is 32.1. The lowest BCUT2D eigenvalue weighted by molar-refractivity contribution is -0.144. The molecule has 0 saturated carbocycles. The van der Waals surface area contributed by atoms with Crippen molar-refractivity contribution in [1.29, 1.82) is 0 Å². The van der Waals surface area contributed by atoms with Gasteiger partial charge in [-0.3, -0.25) is 14.4 Å². The lowest BCUT2D eigenvalue weighted by atomic mass is 10.1. The van der Waals surface area contributed by atoms with E-state index >= 15 is 0 Å². The van der Waals surface area contributed by atoms with Gasteiger partial charge in [-0.2, -0.15) is 5.10 Å². The summed E-state index contributed by atoms with van der Waals surface area (Å²) in [4.78, 5) is 45.6. The van der Waals surface area contributed by atoms with Crippen LogP contribution in [0.3, 0.4) is 0 Å². The molecule has 0 atom stereocenters. The monoisotopic (exact) mass is 410 g/mol. The number of carbonyl (C=O) groups excluding carboxylic acids is 1. The molecule has 3 aromatic heterocycles. The Morgan fingerprint density at radius 3 is 2.69 bits per heavy atom. The molecule has 4 rings (SSSR count). The summed E-state index contributed by atoms with van der Waals surface area (Å²) in [6.45, 7) is 3.67. The van der Waals surface area contributed by atoms with E-state index in [1.807, 2.05) is 13.8 Å². The van der Waals surface area contributed by atoms with E-state index in [1.165, 1.54) is 16.0 Å². The van der Waals surface area contributed by atoms with Crippen LogP contribution >= 0.6 is 11.3 Å². The zero-order valence-electron chi connectivity index (χ0n) is 16.1. The van der Waals surface area contributed by atoms with Crippen molar-refractivity contribution in [2.24, 2.45) is 7.05 Å². The molecule has 4 aromatic rings. The van der Waals surface area contributed by atoms with E-state index in [2.05, 4.69) is 15.1 Å². The number of fused-ring (bicyclic) bond motifs is 2. The molecule has 9 heteroatoms. The predicted molar refractivity (Wildman–Crippen MR) is 110 cm³/mol. The third-order valence-electron chi connectivity index (χ3n) is 4.80. The zero-order chi connectivity index (χ0) is 20.7. The molecular weight excluding hydrogens is 392 g/mol. The second kappa shape index (κ2) is 7.25. The van der Waals surface area contributed by atoms with Crippen LogP contribution in [0.25, 0.3) is 21.0 Å². The molecule has 0 aliphatic carbocycles. The van der Waals surface area contributed by atoms with Gasteiger partial charge in [-0.05, 0) is 25.5 Å². The second-order valence-corrected chi connectivity index (χ2v) is 7.94. The van der Waals surface area contributed by atoms with Crippen LogP contribution in [0.4, 0.5) is 0 Å². The Balaban J connectivity index is 1.55. The van der Waals surface area contributed by atoms with Crippen molar-refractivity contribution in [1.82, 2.24) is 19.7 Å². The smallest absolute Gasteiger partial charge is 0.312 e. The first-order valence-electron chi connectivity index (χ1n) is 8.94. The number of thiophene rings is 1. The number of carbonyl (C=O) groups is 1. The van der Waals surface area contributed by atoms with Crippen LogP contribution < -0.4 is 11.1 Å². The number of aromatic amines is 1. The number of H-pyrrole nitrogens is 1. The number of nitrogens with one attached hydrogen (secondary N) is 1. The van der Waals surface area contributed by atoms with Crippen molar-refractivity contribution < 1.29 is 9.53 Å². The van der Waals surface area contributed by atoms with E-state index in [1.54, 1.807) is 31.3 Å². The summed E-state index contributed by atoms with van der Waals surface area (Å²) in [5.41, 5.74) is 0.895. The number of hydrogen-bond acceptors (Lipinski definition) is 7. The third-order valence-corrected chi connectivity index (χ3v) is 5.90. The molecule has 0 bridgehead atoms. The highest BCUT2D eigenvalue weighted by molar-refractivity contribution is 7.18. The summed E-state index contributed by atoms with van der Waals surface area (Å²) in [6.07, 6.45) is -0.0989. The molecule has 148 valence electrons. The van der Waals surface area contributed by atoms with Gasteiger partial charge in [-0.15, -0.1) is 11.3 Å². The fourth-order valence-corrected chi connectivity index (χ4v) is 4.26. The van der Waals surface area contributed by atoms with Gasteiger partial charge >= 0.3 is 5.97 Å². The summed E-state index contributed by atoms with van der Waals surface area (Å²) in [6, 6.07) is 7.00. The lowest BCUT2D eigenvalue weighted by Gasteiger charge is -2.08. The molecule has 0 radical (unpaired) electrons. The molecule has 1 N–H and O–H groups in total. The molecule has 3 heterocycles. The van der Waals surface area contributed by atoms with Gasteiger partial charge in [0.1, 0.15) is 17.3 Å². The quantitative estimate of drug-likeness (QED) is 0.517. The molecule has 29 heavy (non-hydrogen) atoms. The average Bonchev–Trinajstić information content (AvgIpc) is 2.98. The second-order valence-electron chi connectivity index (χ2n) is 6.73. The molecule has 0 saturated heterocycles. The molecule has 8 nitrogen and oxygen atoms in total. The van der Waals surface area contributed by atoms with Gasteiger partial charge < -0.3 is 9.72 Å². The zero-order valence-corrected chi connectivity index (χ0v) is 16.9. The number of hydrogen-bond donors (Lipinski definition) is 1. The van der Waals surface area contributed by atoms with Crippen molar-refractivity contribution in [2.45, 2.75) is 26.9 Å². The van der Waals surface area contributed by atoms with Crippen LogP contribution in [0.15, 0.2) is 33.9 Å². The van der Waals surface area contributed by atoms with Crippen molar-refractivity contribution in [3.8, 4) is 0 Å². The maximum absolute atomic E-state index is 12.4. The topological polar surface area (TPSA) is 107 Å². The standard InChI is InChI=1S/C20H18N4O4S/c1-10-11(2)29-19-17(10)18(26)21-15(22-19)9-28-16(25)8-14-12-6-4-5-7-13(12)20(27)24(3)23-14/h4-7H,8-9H2,1-3H3,(H,21,22,26). The SMILES string of the molecule is Cc1sc2nc(COC(=O)Cc3nn(C)c(=O)c4ccccc34)[nH]c(=O)c2c1C. The van der Waals surface area contributed by atoms with E-state index in [4.69, 9.17) is 4.74 Å². The largest absolute Gasteiger partial charge is 0.457 e. The average molecular weight is 410 g/mol. The van der Waals surface area contributed by atoms with Crippen LogP contribution in [0.2, 0.25) is 0 Å². The van der Waals surface area contributed by atoms with E-state index in [0.29, 0.717) is 26.7 Å². The van der Waals surface area contributed by atoms with Gasteiger partial charge in [0.25, 0.3) is 11.1 Å². The fourth-order valence-electron chi connectivity index (χ4n) is 3.21. The Bertz CT molecular complexity index is 1380. The Hall–Kier alpha value is -3.33. The van der Waals surface area contributed by atoms with Crippen molar-refractivity contribution in [3.63, 3.8) is 0 Å². The minimum absolute atomic E-state index is 0.0989. The Labute approximate surface area is 168 Å². The van der Waals surface area contributed by atoms with Crippen LogP contribution in [-0.2, 0) is 29.6 Å². The van der Waals surface area contributed by atoms with Gasteiger partial charge in [0.15, 0.2) is 0 Å². The summed E-state index contributed by atoms with van der Waals surface area (Å²) >= 11 is 1.43. The van der Waals surface area contributed by atoms with Gasteiger partial charge in [0.05, 0.1) is 22.9 Å². The maximum Gasteiger partial charge on any atom is 0.312 e. The fraction of sp³-hybridized carbons (Fsp3) is 0.250. The van der Waals surface area contributed by atoms with Crippen LogP contribution in [0.1, 0.15) is 22.0 Å². The first kappa shape index (κ1) is 19.0. The van der Waals surface area contributed by atoms with Crippen LogP contribution in [0.5, 0.6) is 0 Å². The number of benzene rings is 1. The number of ether oxygens (including phenoxy) is 1. The number of esters is 1. The van der Waals surface area contributed by atoms with Crippen molar-refractivity contribution >= 4 is 38.3 Å². The lowest BCUT2D eigenvalue weighted by Crippen LogP contribution is -2.23. The molecule has 1 aromatic carbocycles. The van der Waals surface area contributed by atoms with Crippen LogP contribution in [0, 0.1) is 13.8 Å². The molecular formula is C20H18N4O4S. The number of aromatic nitrogens is 4. The molecule has 0 fully saturated rings. The van der Waals surface area contributed by atoms with Crippen molar-refractivity contribution in [3.05, 3.63) is 66.9 Å². The van der Waals surface area contributed by atoms with E-state index in [0.717, 1.165) is 10.4 Å². The first-order chi connectivity index (χ1) is 13.8. The maximum atomic E-state index is 12.4. The number of nitrogens with zero attached hydrogens (tertiary/aromatic N) is 3. The Morgan fingerprint density at radius 2 is 1.93 bits per heavy atom. The highest BCUT2D eigenvalue weighted by Gasteiger charge is 2.15. The molecule has 0 amide bonds. The van der Waals surface area contributed by atoms with Crippen molar-refractivity contribution in [2.75, 3.05) is 0 Å². The van der Waals surface area contributed by atoms with E-state index in [-0.39, 0.29) is 30.0 Å². The van der Waals surface area contributed by atoms with Gasteiger partial charge in [-0.1, -0.05) is 18.2 Å². The molecule has 0 spiro atoms. The summed E-state index contributed by atoms with van der Waals surface area (Å²) in [5, 5.41) is 5.88. The van der Waals surface area contributed by atoms with E-state index in [9.17, 15) is 14.4 Å². The Morgan fingerprint density at radius 1 is 1.21 bits per heavy atom. The summed E-state index contributed by atoms with van der Waals surface area (Å²) in [7, 11) is 1.54. The summed E-state index contributed by atoms with van der Waals surface area (Å²) in [5.74, 6) is -0.238. The normalized spacial score (nSPS) is 11.3. The minimum Gasteiger partial charge on any atom is -0.457 e. The van der Waals surface area contributed by atoms with Gasteiger partial charge in [-0.25, -0.2) is 9.67 Å².